The number of nitrogens with zero attached hydrogens (tertiary/aromatic N) is 2. The summed E-state index contributed by atoms with van der Waals surface area (Å²) in [5.74, 6) is 2.16. The molecule has 2 aromatic rings. The molecule has 1 aliphatic rings. The van der Waals surface area contributed by atoms with Gasteiger partial charge < -0.3 is 14.8 Å². The molecule has 7 nitrogen and oxygen atoms in total. The predicted molar refractivity (Wildman–Crippen MR) is 133 cm³/mol. The molecule has 1 heterocycles. The number of carbonyl (C=O) groups is 2. The highest BCUT2D eigenvalue weighted by Gasteiger charge is 2.29. The molecule has 7 heteroatoms. The van der Waals surface area contributed by atoms with Crippen molar-refractivity contribution in [2.45, 2.75) is 72.4 Å². The van der Waals surface area contributed by atoms with E-state index in [0.29, 0.717) is 48.6 Å². The number of hydrogen-bond acceptors (Lipinski definition) is 5. The first-order valence-corrected chi connectivity index (χ1v) is 12.4. The second-order valence-electron chi connectivity index (χ2n) is 10.2. The molecule has 1 amide bonds. The maximum atomic E-state index is 13.3. The number of nitrogens with one attached hydrogen (secondary N) is 1. The summed E-state index contributed by atoms with van der Waals surface area (Å²) in [5, 5.41) is 7.63. The van der Waals surface area contributed by atoms with E-state index in [1.54, 1.807) is 20.3 Å². The summed E-state index contributed by atoms with van der Waals surface area (Å²) in [7, 11) is 3.22. The molecule has 0 saturated heterocycles. The van der Waals surface area contributed by atoms with Gasteiger partial charge in [0.05, 0.1) is 31.5 Å². The van der Waals surface area contributed by atoms with Gasteiger partial charge in [-0.25, -0.2) is 0 Å². The maximum absolute atomic E-state index is 13.3. The molecule has 1 aromatic heterocycles. The summed E-state index contributed by atoms with van der Waals surface area (Å²) < 4.78 is 13.0. The third kappa shape index (κ3) is 6.19. The van der Waals surface area contributed by atoms with Crippen LogP contribution in [0.5, 0.6) is 11.5 Å². The van der Waals surface area contributed by atoms with Crippen LogP contribution in [0.1, 0.15) is 70.3 Å². The zero-order valence-corrected chi connectivity index (χ0v) is 21.4. The van der Waals surface area contributed by atoms with Crippen molar-refractivity contribution in [3.05, 3.63) is 30.0 Å². The molecule has 0 unspecified atom stereocenters. The van der Waals surface area contributed by atoms with Crippen molar-refractivity contribution in [1.29, 1.82) is 0 Å². The first-order valence-electron chi connectivity index (χ1n) is 12.4. The van der Waals surface area contributed by atoms with E-state index >= 15 is 0 Å². The molecule has 3 rings (SSSR count). The van der Waals surface area contributed by atoms with E-state index in [0.717, 1.165) is 24.1 Å². The fourth-order valence-electron chi connectivity index (χ4n) is 4.42. The fourth-order valence-corrected chi connectivity index (χ4v) is 4.42. The van der Waals surface area contributed by atoms with Gasteiger partial charge in [0.25, 0.3) is 5.91 Å². The normalized spacial score (nSPS) is 14.7. The zero-order chi connectivity index (χ0) is 24.8. The highest BCUT2D eigenvalue weighted by molar-refractivity contribution is 5.97. The molecule has 1 aliphatic carbocycles. The minimum Gasteiger partial charge on any atom is -0.496 e. The average Bonchev–Trinajstić information content (AvgIpc) is 3.17. The first-order chi connectivity index (χ1) is 16.2. The topological polar surface area (TPSA) is 82.4 Å². The van der Waals surface area contributed by atoms with E-state index in [9.17, 15) is 9.59 Å². The second-order valence-corrected chi connectivity index (χ2v) is 10.2. The van der Waals surface area contributed by atoms with E-state index in [1.807, 2.05) is 22.9 Å². The Morgan fingerprint density at radius 3 is 2.24 bits per heavy atom. The molecular formula is C27H39N3O4. The Labute approximate surface area is 203 Å². The maximum Gasteiger partial charge on any atom is 0.272 e. The largest absolute Gasteiger partial charge is 0.496 e. The highest BCUT2D eigenvalue weighted by atomic mass is 16.5. The Morgan fingerprint density at radius 2 is 1.74 bits per heavy atom. The summed E-state index contributed by atoms with van der Waals surface area (Å²) in [5.41, 5.74) is 1.78. The smallest absolute Gasteiger partial charge is 0.272 e. The van der Waals surface area contributed by atoms with Crippen molar-refractivity contribution in [3.63, 3.8) is 0 Å². The van der Waals surface area contributed by atoms with E-state index in [4.69, 9.17) is 9.47 Å². The van der Waals surface area contributed by atoms with Crippen molar-refractivity contribution in [3.8, 4) is 22.8 Å². The van der Waals surface area contributed by atoms with Crippen LogP contribution in [-0.2, 0) is 11.3 Å². The number of amides is 1. The van der Waals surface area contributed by atoms with Crippen LogP contribution in [0, 0.1) is 17.8 Å². The standard InChI is InChI=1S/C27H39N3O4/c1-17(2)13-20(23(31)14-19-9-7-10-19)28-27(32)21-15-22(30(29-21)16-18(3)4)26-24(33-5)11-8-12-25(26)34-6/h8,11-12,15,17-20H,7,9-10,13-14,16H2,1-6H3,(H,28,32)/t20-/m0/s1. The number of methoxy groups -OCH3 is 2. The summed E-state index contributed by atoms with van der Waals surface area (Å²) >= 11 is 0. The highest BCUT2D eigenvalue weighted by Crippen LogP contribution is 2.39. The van der Waals surface area contributed by atoms with Gasteiger partial charge in [-0.05, 0) is 42.4 Å². The molecule has 0 bridgehead atoms. The number of aromatic nitrogens is 2. The van der Waals surface area contributed by atoms with Crippen LogP contribution in [0.4, 0.5) is 0 Å². The Kier molecular flexibility index (Phi) is 8.75. The minimum absolute atomic E-state index is 0.125. The number of ether oxygens (including phenoxy) is 2. The molecule has 1 fully saturated rings. The zero-order valence-electron chi connectivity index (χ0n) is 21.4. The minimum atomic E-state index is -0.493. The predicted octanol–water partition coefficient (Wildman–Crippen LogP) is 5.13. The first kappa shape index (κ1) is 25.8. The van der Waals surface area contributed by atoms with Crippen molar-refractivity contribution in [2.24, 2.45) is 17.8 Å². The Hall–Kier alpha value is -2.83. The van der Waals surface area contributed by atoms with Gasteiger partial charge in [0, 0.05) is 13.0 Å². The van der Waals surface area contributed by atoms with Crippen LogP contribution in [0.3, 0.4) is 0 Å². The van der Waals surface area contributed by atoms with Gasteiger partial charge in [0.2, 0.25) is 0 Å². The lowest BCUT2D eigenvalue weighted by molar-refractivity contribution is -0.122. The SMILES string of the molecule is COc1cccc(OC)c1-c1cc(C(=O)N[C@@H](CC(C)C)C(=O)CC2CCC2)nn1CC(C)C. The number of rotatable bonds is 12. The van der Waals surface area contributed by atoms with Crippen molar-refractivity contribution in [2.75, 3.05) is 14.2 Å². The van der Waals surface area contributed by atoms with E-state index in [1.165, 1.54) is 6.42 Å². The summed E-state index contributed by atoms with van der Waals surface area (Å²) in [4.78, 5) is 26.3. The molecule has 0 aliphatic heterocycles. The average molecular weight is 470 g/mol. The van der Waals surface area contributed by atoms with Crippen LogP contribution in [0.25, 0.3) is 11.3 Å². The van der Waals surface area contributed by atoms with Gasteiger partial charge in [-0.2, -0.15) is 5.10 Å². The summed E-state index contributed by atoms with van der Waals surface area (Å²) in [6.07, 6.45) is 4.58. The van der Waals surface area contributed by atoms with Gasteiger partial charge in [-0.3, -0.25) is 14.3 Å². The Bertz CT molecular complexity index is 970. The van der Waals surface area contributed by atoms with Crippen LogP contribution in [0.2, 0.25) is 0 Å². The molecule has 0 spiro atoms. The second kappa shape index (κ2) is 11.5. The molecule has 1 N–H and O–H groups in total. The van der Waals surface area contributed by atoms with Crippen LogP contribution in [0.15, 0.2) is 24.3 Å². The van der Waals surface area contributed by atoms with Gasteiger partial charge in [-0.1, -0.05) is 53.0 Å². The lowest BCUT2D eigenvalue weighted by Crippen LogP contribution is -2.43. The third-order valence-corrected chi connectivity index (χ3v) is 6.35. The molecule has 34 heavy (non-hydrogen) atoms. The number of carbonyl (C=O) groups excluding carboxylic acids is 2. The van der Waals surface area contributed by atoms with E-state index in [2.05, 4.69) is 38.1 Å². The van der Waals surface area contributed by atoms with Crippen LogP contribution in [-0.4, -0.2) is 41.7 Å². The number of benzene rings is 1. The van der Waals surface area contributed by atoms with Crippen molar-refractivity contribution < 1.29 is 19.1 Å². The summed E-state index contributed by atoms with van der Waals surface area (Å²) in [6.45, 7) is 8.96. The van der Waals surface area contributed by atoms with Crippen LogP contribution >= 0.6 is 0 Å². The lowest BCUT2D eigenvalue weighted by atomic mass is 9.80. The Balaban J connectivity index is 1.92. The lowest BCUT2D eigenvalue weighted by Gasteiger charge is -2.27. The monoisotopic (exact) mass is 469 g/mol. The number of Topliss-reactive ketones (excluding diaryl/α,β-unsaturated/α-hetero) is 1. The number of ketones is 1. The van der Waals surface area contributed by atoms with Crippen molar-refractivity contribution in [1.82, 2.24) is 15.1 Å². The number of hydrogen-bond donors (Lipinski definition) is 1. The third-order valence-electron chi connectivity index (χ3n) is 6.35. The van der Waals surface area contributed by atoms with E-state index < -0.39 is 6.04 Å². The molecule has 1 saturated carbocycles. The van der Waals surface area contributed by atoms with E-state index in [-0.39, 0.29) is 17.4 Å². The Morgan fingerprint density at radius 1 is 1.09 bits per heavy atom. The van der Waals surface area contributed by atoms with Gasteiger partial charge in [0.1, 0.15) is 11.5 Å². The van der Waals surface area contributed by atoms with Gasteiger partial charge in [0.15, 0.2) is 11.5 Å². The molecule has 1 aromatic carbocycles. The molecule has 186 valence electrons. The van der Waals surface area contributed by atoms with Crippen LogP contribution < -0.4 is 14.8 Å². The van der Waals surface area contributed by atoms with Crippen molar-refractivity contribution >= 4 is 11.7 Å². The molecule has 1 atom stereocenters. The summed E-state index contributed by atoms with van der Waals surface area (Å²) in [6, 6.07) is 6.86. The van der Waals surface area contributed by atoms with Gasteiger partial charge >= 0.3 is 0 Å². The van der Waals surface area contributed by atoms with Gasteiger partial charge in [-0.15, -0.1) is 0 Å². The quantitative estimate of drug-likeness (QED) is 0.466. The molecule has 0 radical (unpaired) electrons. The molecular weight excluding hydrogens is 430 g/mol. The fraction of sp³-hybridized carbons (Fsp3) is 0.593.